The maximum atomic E-state index is 6.32. The normalized spacial score (nSPS) is 24.2. The molecule has 3 rings (SSSR count). The van der Waals surface area contributed by atoms with Crippen molar-refractivity contribution in [1.82, 2.24) is 0 Å². The van der Waals surface area contributed by atoms with Crippen LogP contribution < -0.4 is 10.5 Å². The zero-order chi connectivity index (χ0) is 14.9. The fourth-order valence-electron chi connectivity index (χ4n) is 2.99. The molecule has 2 aromatic carbocycles. The van der Waals surface area contributed by atoms with Crippen LogP contribution in [0.4, 0.5) is 0 Å². The van der Waals surface area contributed by atoms with Crippen molar-refractivity contribution in [2.45, 2.75) is 37.8 Å². The number of ether oxygens (including phenoxy) is 1. The van der Waals surface area contributed by atoms with Gasteiger partial charge in [0, 0.05) is 23.0 Å². The average molecular weight is 302 g/mol. The van der Waals surface area contributed by atoms with Gasteiger partial charge in [0.2, 0.25) is 0 Å². The lowest BCUT2D eigenvalue weighted by atomic mass is 9.85. The highest BCUT2D eigenvalue weighted by Crippen LogP contribution is 2.41. The molecule has 0 spiro atoms. The van der Waals surface area contributed by atoms with E-state index in [2.05, 4.69) is 31.2 Å². The van der Waals surface area contributed by atoms with Crippen molar-refractivity contribution in [1.29, 1.82) is 0 Å². The lowest BCUT2D eigenvalue weighted by Gasteiger charge is -2.39. The molecule has 2 aromatic rings. The van der Waals surface area contributed by atoms with Crippen molar-refractivity contribution in [2.75, 3.05) is 0 Å². The molecule has 0 saturated carbocycles. The van der Waals surface area contributed by atoms with Crippen LogP contribution in [0.25, 0.3) is 0 Å². The van der Waals surface area contributed by atoms with Crippen LogP contribution in [0.15, 0.2) is 48.5 Å². The molecule has 0 radical (unpaired) electrons. The van der Waals surface area contributed by atoms with Gasteiger partial charge in [-0.25, -0.2) is 0 Å². The van der Waals surface area contributed by atoms with Gasteiger partial charge in [0.15, 0.2) is 0 Å². The van der Waals surface area contributed by atoms with Gasteiger partial charge in [-0.1, -0.05) is 41.9 Å². The van der Waals surface area contributed by atoms with Crippen molar-refractivity contribution in [3.63, 3.8) is 0 Å². The van der Waals surface area contributed by atoms with Gasteiger partial charge in [0.1, 0.15) is 11.4 Å². The van der Waals surface area contributed by atoms with Crippen LogP contribution in [0.1, 0.15) is 36.9 Å². The topological polar surface area (TPSA) is 35.2 Å². The molecule has 0 aromatic heterocycles. The molecule has 0 saturated heterocycles. The second kappa shape index (κ2) is 5.70. The summed E-state index contributed by atoms with van der Waals surface area (Å²) in [6.45, 7) is 2.15. The molecule has 2 nitrogen and oxygen atoms in total. The van der Waals surface area contributed by atoms with E-state index in [1.807, 2.05) is 24.3 Å². The zero-order valence-corrected chi connectivity index (χ0v) is 12.9. The Kier molecular flexibility index (Phi) is 3.92. The molecule has 21 heavy (non-hydrogen) atoms. The summed E-state index contributed by atoms with van der Waals surface area (Å²) in [7, 11) is 0. The average Bonchev–Trinajstić information content (AvgIpc) is 2.47. The Bertz CT molecular complexity index is 628. The molecule has 1 aliphatic heterocycles. The summed E-state index contributed by atoms with van der Waals surface area (Å²) in [4.78, 5) is 0. The summed E-state index contributed by atoms with van der Waals surface area (Å²) >= 11 is 6.04. The van der Waals surface area contributed by atoms with Crippen LogP contribution in [0.5, 0.6) is 5.75 Å². The molecule has 0 bridgehead atoms. The number of halogens is 1. The van der Waals surface area contributed by atoms with Crippen LogP contribution in [-0.4, -0.2) is 5.60 Å². The number of rotatable bonds is 3. The molecule has 0 fully saturated rings. The van der Waals surface area contributed by atoms with Gasteiger partial charge in [-0.3, -0.25) is 0 Å². The summed E-state index contributed by atoms with van der Waals surface area (Å²) in [5, 5.41) is 0.709. The first-order valence-electron chi connectivity index (χ1n) is 7.34. The quantitative estimate of drug-likeness (QED) is 0.905. The van der Waals surface area contributed by atoms with Gasteiger partial charge in [-0.15, -0.1) is 0 Å². The standard InChI is InChI=1S/C18H20ClNO/c1-18(10-9-13-5-3-2-4-6-13)12-16(20)15-11-14(19)7-8-17(15)21-18/h2-8,11,16H,9-10,12,20H2,1H3/t16-,18?/m0/s1. The van der Waals surface area contributed by atoms with Gasteiger partial charge in [0.25, 0.3) is 0 Å². The minimum Gasteiger partial charge on any atom is -0.487 e. The zero-order valence-electron chi connectivity index (χ0n) is 12.2. The van der Waals surface area contributed by atoms with Crippen LogP contribution in [0.3, 0.4) is 0 Å². The van der Waals surface area contributed by atoms with E-state index in [9.17, 15) is 0 Å². The van der Waals surface area contributed by atoms with Crippen molar-refractivity contribution >= 4 is 11.6 Å². The Balaban J connectivity index is 1.76. The lowest BCUT2D eigenvalue weighted by molar-refractivity contribution is 0.0458. The third-order valence-corrected chi connectivity index (χ3v) is 4.40. The van der Waals surface area contributed by atoms with E-state index in [1.54, 1.807) is 0 Å². The maximum absolute atomic E-state index is 6.32. The highest BCUT2D eigenvalue weighted by atomic mass is 35.5. The summed E-state index contributed by atoms with van der Waals surface area (Å²) < 4.78 is 6.23. The maximum Gasteiger partial charge on any atom is 0.125 e. The second-order valence-corrected chi connectivity index (χ2v) is 6.47. The Morgan fingerprint density at radius 3 is 2.76 bits per heavy atom. The van der Waals surface area contributed by atoms with E-state index >= 15 is 0 Å². The first-order chi connectivity index (χ1) is 10.1. The summed E-state index contributed by atoms with van der Waals surface area (Å²) in [5.74, 6) is 0.869. The van der Waals surface area contributed by atoms with E-state index in [4.69, 9.17) is 22.1 Å². The Morgan fingerprint density at radius 1 is 1.24 bits per heavy atom. The molecule has 0 amide bonds. The molecule has 1 heterocycles. The summed E-state index contributed by atoms with van der Waals surface area (Å²) in [6.07, 6.45) is 2.76. The Morgan fingerprint density at radius 2 is 2.00 bits per heavy atom. The fourth-order valence-corrected chi connectivity index (χ4v) is 3.17. The summed E-state index contributed by atoms with van der Waals surface area (Å²) in [6, 6.07) is 16.2. The van der Waals surface area contributed by atoms with E-state index in [-0.39, 0.29) is 11.6 Å². The number of hydrogen-bond donors (Lipinski definition) is 1. The van der Waals surface area contributed by atoms with E-state index < -0.39 is 0 Å². The Hall–Kier alpha value is -1.51. The van der Waals surface area contributed by atoms with Crippen LogP contribution in [-0.2, 0) is 6.42 Å². The minimum atomic E-state index is -0.226. The fraction of sp³-hybridized carbons (Fsp3) is 0.333. The van der Waals surface area contributed by atoms with Crippen molar-refractivity contribution < 1.29 is 4.74 Å². The number of fused-ring (bicyclic) bond motifs is 1. The molecular formula is C18H20ClNO. The van der Waals surface area contributed by atoms with Crippen molar-refractivity contribution in [3.05, 3.63) is 64.7 Å². The smallest absolute Gasteiger partial charge is 0.125 e. The predicted octanol–water partition coefficient (Wildman–Crippen LogP) is 4.51. The van der Waals surface area contributed by atoms with Gasteiger partial charge in [0.05, 0.1) is 0 Å². The third kappa shape index (κ3) is 3.22. The molecule has 3 heteroatoms. The molecule has 1 aliphatic rings. The molecule has 2 N–H and O–H groups in total. The molecule has 1 unspecified atom stereocenters. The largest absolute Gasteiger partial charge is 0.487 e. The van der Waals surface area contributed by atoms with Crippen LogP contribution in [0, 0.1) is 0 Å². The van der Waals surface area contributed by atoms with E-state index in [0.29, 0.717) is 5.02 Å². The molecular weight excluding hydrogens is 282 g/mol. The first kappa shape index (κ1) is 14.4. The monoisotopic (exact) mass is 301 g/mol. The first-order valence-corrected chi connectivity index (χ1v) is 7.71. The molecule has 110 valence electrons. The highest BCUT2D eigenvalue weighted by molar-refractivity contribution is 6.30. The van der Waals surface area contributed by atoms with Crippen LogP contribution >= 0.6 is 11.6 Å². The van der Waals surface area contributed by atoms with Crippen molar-refractivity contribution in [2.24, 2.45) is 5.73 Å². The highest BCUT2D eigenvalue weighted by Gasteiger charge is 2.35. The van der Waals surface area contributed by atoms with Gasteiger partial charge in [-0.2, -0.15) is 0 Å². The summed E-state index contributed by atoms with van der Waals surface area (Å²) in [5.41, 5.74) is 8.44. The van der Waals surface area contributed by atoms with E-state index in [1.165, 1.54) is 5.56 Å². The van der Waals surface area contributed by atoms with Crippen molar-refractivity contribution in [3.8, 4) is 5.75 Å². The predicted molar refractivity (Wildman–Crippen MR) is 86.8 cm³/mol. The molecule has 0 aliphatic carbocycles. The third-order valence-electron chi connectivity index (χ3n) is 4.16. The minimum absolute atomic E-state index is 0.0202. The SMILES string of the molecule is CC1(CCc2ccccc2)C[C@H](N)c2cc(Cl)ccc2O1. The number of benzene rings is 2. The lowest BCUT2D eigenvalue weighted by Crippen LogP contribution is -2.40. The van der Waals surface area contributed by atoms with Crippen LogP contribution in [0.2, 0.25) is 5.02 Å². The van der Waals surface area contributed by atoms with Gasteiger partial charge in [-0.05, 0) is 43.5 Å². The van der Waals surface area contributed by atoms with E-state index in [0.717, 1.165) is 30.6 Å². The Labute approximate surface area is 130 Å². The number of nitrogens with two attached hydrogens (primary N) is 1. The van der Waals surface area contributed by atoms with Gasteiger partial charge < -0.3 is 10.5 Å². The molecule has 2 atom stereocenters. The number of aryl methyl sites for hydroxylation is 1. The second-order valence-electron chi connectivity index (χ2n) is 6.03. The number of hydrogen-bond acceptors (Lipinski definition) is 2. The van der Waals surface area contributed by atoms with Gasteiger partial charge >= 0.3 is 0 Å².